The van der Waals surface area contributed by atoms with Crippen molar-refractivity contribution in [1.82, 2.24) is 4.98 Å². The van der Waals surface area contributed by atoms with E-state index in [2.05, 4.69) is 23.2 Å². The van der Waals surface area contributed by atoms with Crippen LogP contribution in [0.2, 0.25) is 0 Å². The normalized spacial score (nSPS) is 14.4. The van der Waals surface area contributed by atoms with Gasteiger partial charge in [-0.1, -0.05) is 61.5 Å². The molecular formula is C23H22N4O. The first-order chi connectivity index (χ1) is 13.7. The molecular weight excluding hydrogens is 348 g/mol. The van der Waals surface area contributed by atoms with Gasteiger partial charge in [-0.25, -0.2) is 20.8 Å². The van der Waals surface area contributed by atoms with Crippen molar-refractivity contribution in [2.75, 3.05) is 5.01 Å². The third kappa shape index (κ3) is 3.33. The summed E-state index contributed by atoms with van der Waals surface area (Å²) >= 11 is 0. The number of fused-ring (bicyclic) bond motifs is 1. The molecule has 0 atom stereocenters. The van der Waals surface area contributed by atoms with Crippen molar-refractivity contribution in [2.45, 2.75) is 20.0 Å². The number of hydrazine groups is 1. The first kappa shape index (κ1) is 18.1. The van der Waals surface area contributed by atoms with Gasteiger partial charge in [0.2, 0.25) is 0 Å². The largest absolute Gasteiger partial charge is 0.392 e. The lowest BCUT2D eigenvalue weighted by molar-refractivity contribution is 0.282. The summed E-state index contributed by atoms with van der Waals surface area (Å²) in [5.74, 6) is 7.68. The van der Waals surface area contributed by atoms with E-state index in [1.807, 2.05) is 61.7 Å². The van der Waals surface area contributed by atoms with Gasteiger partial charge < -0.3 is 5.11 Å². The summed E-state index contributed by atoms with van der Waals surface area (Å²) in [4.78, 5) is 9.41. The van der Waals surface area contributed by atoms with Gasteiger partial charge in [0.25, 0.3) is 0 Å². The van der Waals surface area contributed by atoms with Crippen LogP contribution in [-0.4, -0.2) is 16.3 Å². The minimum Gasteiger partial charge on any atom is -0.392 e. The van der Waals surface area contributed by atoms with Gasteiger partial charge in [0.05, 0.1) is 12.3 Å². The molecule has 0 saturated carbocycles. The van der Waals surface area contributed by atoms with Crippen LogP contribution in [0.4, 0.5) is 5.82 Å². The summed E-state index contributed by atoms with van der Waals surface area (Å²) in [7, 11) is 0. The number of nitrogens with zero attached hydrogens (tertiary/aromatic N) is 3. The maximum absolute atomic E-state index is 9.34. The maximum Gasteiger partial charge on any atom is 0.158 e. The Morgan fingerprint density at radius 3 is 2.46 bits per heavy atom. The molecule has 140 valence electrons. The monoisotopic (exact) mass is 370 g/mol. The fourth-order valence-electron chi connectivity index (χ4n) is 3.27. The van der Waals surface area contributed by atoms with Gasteiger partial charge in [0.15, 0.2) is 5.82 Å². The fraction of sp³-hybridized carbons (Fsp3) is 0.130. The van der Waals surface area contributed by atoms with Crippen LogP contribution >= 0.6 is 0 Å². The molecule has 1 aromatic heterocycles. The SMILES string of the molecule is CC/C=C1/N=Cc2cc(-c3ccccc3)c(-c3ccc(CO)cc3)nc2N1N. The van der Waals surface area contributed by atoms with Gasteiger partial charge in [-0.15, -0.1) is 0 Å². The Bertz CT molecular complexity index is 1040. The third-order valence-electron chi connectivity index (χ3n) is 4.72. The number of allylic oxidation sites excluding steroid dienone is 1. The lowest BCUT2D eigenvalue weighted by atomic mass is 9.96. The highest BCUT2D eigenvalue weighted by Crippen LogP contribution is 2.36. The molecule has 0 saturated heterocycles. The summed E-state index contributed by atoms with van der Waals surface area (Å²) < 4.78 is 0. The van der Waals surface area contributed by atoms with Crippen molar-refractivity contribution in [3.8, 4) is 22.4 Å². The number of pyridine rings is 1. The molecule has 0 fully saturated rings. The Kier molecular flexibility index (Phi) is 5.02. The Morgan fingerprint density at radius 1 is 1.04 bits per heavy atom. The highest BCUT2D eigenvalue weighted by Gasteiger charge is 2.21. The van der Waals surface area contributed by atoms with Crippen LogP contribution in [0.5, 0.6) is 0 Å². The van der Waals surface area contributed by atoms with E-state index < -0.39 is 0 Å². The molecule has 0 amide bonds. The van der Waals surface area contributed by atoms with Crippen LogP contribution in [0.3, 0.4) is 0 Å². The second kappa shape index (κ2) is 7.76. The summed E-state index contributed by atoms with van der Waals surface area (Å²) in [6.07, 6.45) is 4.63. The van der Waals surface area contributed by atoms with Crippen LogP contribution in [0, 0.1) is 0 Å². The van der Waals surface area contributed by atoms with Gasteiger partial charge in [0.1, 0.15) is 5.82 Å². The number of rotatable bonds is 4. The molecule has 1 aliphatic rings. The number of anilines is 1. The number of aromatic nitrogens is 1. The molecule has 0 aliphatic carbocycles. The van der Waals surface area contributed by atoms with Crippen LogP contribution < -0.4 is 10.9 Å². The minimum atomic E-state index is 0.0155. The number of hydrogen-bond donors (Lipinski definition) is 2. The Hall–Kier alpha value is -3.28. The first-order valence-corrected chi connectivity index (χ1v) is 9.31. The van der Waals surface area contributed by atoms with E-state index in [4.69, 9.17) is 10.8 Å². The predicted molar refractivity (Wildman–Crippen MR) is 114 cm³/mol. The van der Waals surface area contributed by atoms with E-state index in [9.17, 15) is 5.11 Å². The van der Waals surface area contributed by atoms with E-state index >= 15 is 0 Å². The van der Waals surface area contributed by atoms with Gasteiger partial charge in [-0.2, -0.15) is 0 Å². The van der Waals surface area contributed by atoms with Gasteiger partial charge in [-0.05, 0) is 29.7 Å². The standard InChI is InChI=1S/C23H22N4O/c1-2-6-21-25-14-19-13-20(17-7-4-3-5-8-17)22(26-23(19)27(21)24)18-11-9-16(15-28)10-12-18/h3-14,28H,2,15,24H2,1H3/b21-6-. The molecule has 2 aromatic carbocycles. The zero-order chi connectivity index (χ0) is 19.5. The van der Waals surface area contributed by atoms with Crippen LogP contribution in [-0.2, 0) is 6.61 Å². The summed E-state index contributed by atoms with van der Waals surface area (Å²) in [5.41, 5.74) is 5.64. The third-order valence-corrected chi connectivity index (χ3v) is 4.72. The molecule has 1 aliphatic heterocycles. The molecule has 3 aromatic rings. The van der Waals surface area contributed by atoms with E-state index in [0.29, 0.717) is 11.6 Å². The smallest absolute Gasteiger partial charge is 0.158 e. The quantitative estimate of drug-likeness (QED) is 0.673. The highest BCUT2D eigenvalue weighted by atomic mass is 16.3. The van der Waals surface area contributed by atoms with E-state index in [0.717, 1.165) is 39.9 Å². The van der Waals surface area contributed by atoms with Crippen molar-refractivity contribution in [3.63, 3.8) is 0 Å². The number of hydrogen-bond acceptors (Lipinski definition) is 5. The number of nitrogens with two attached hydrogens (primary N) is 1. The minimum absolute atomic E-state index is 0.0155. The lowest BCUT2D eigenvalue weighted by Crippen LogP contribution is -2.33. The second-order valence-electron chi connectivity index (χ2n) is 6.62. The second-order valence-corrected chi connectivity index (χ2v) is 6.62. The summed E-state index contributed by atoms with van der Waals surface area (Å²) in [6, 6.07) is 20.0. The van der Waals surface area contributed by atoms with E-state index in [1.54, 1.807) is 5.01 Å². The number of aliphatic imine (C=N–C) groups is 1. The number of aliphatic hydroxyl groups is 1. The molecule has 28 heavy (non-hydrogen) atoms. The fourth-order valence-corrected chi connectivity index (χ4v) is 3.27. The first-order valence-electron chi connectivity index (χ1n) is 9.31. The molecule has 5 heteroatoms. The number of benzene rings is 2. The van der Waals surface area contributed by atoms with Gasteiger partial charge in [0, 0.05) is 22.9 Å². The van der Waals surface area contributed by atoms with Crippen molar-refractivity contribution < 1.29 is 5.11 Å². The average molecular weight is 370 g/mol. The summed E-state index contributed by atoms with van der Waals surface area (Å²) in [6.45, 7) is 2.06. The Labute approximate surface area is 164 Å². The lowest BCUT2D eigenvalue weighted by Gasteiger charge is -2.25. The number of aliphatic hydroxyl groups excluding tert-OH is 1. The molecule has 0 bridgehead atoms. The predicted octanol–water partition coefficient (Wildman–Crippen LogP) is 4.27. The topological polar surface area (TPSA) is 74.7 Å². The van der Waals surface area contributed by atoms with Crippen LogP contribution in [0.1, 0.15) is 24.5 Å². The van der Waals surface area contributed by atoms with Crippen molar-refractivity contribution in [2.24, 2.45) is 10.8 Å². The van der Waals surface area contributed by atoms with Gasteiger partial charge >= 0.3 is 0 Å². The van der Waals surface area contributed by atoms with Crippen molar-refractivity contribution in [1.29, 1.82) is 0 Å². The average Bonchev–Trinajstić information content (AvgIpc) is 2.76. The molecule has 0 spiro atoms. The van der Waals surface area contributed by atoms with Crippen molar-refractivity contribution >= 4 is 12.0 Å². The molecule has 2 heterocycles. The summed E-state index contributed by atoms with van der Waals surface area (Å²) in [5, 5.41) is 10.9. The molecule has 4 rings (SSSR count). The molecule has 0 unspecified atom stereocenters. The van der Waals surface area contributed by atoms with E-state index in [1.165, 1.54) is 0 Å². The molecule has 3 N–H and O–H groups in total. The van der Waals surface area contributed by atoms with Gasteiger partial charge in [-0.3, -0.25) is 0 Å². The highest BCUT2D eigenvalue weighted by molar-refractivity contribution is 5.95. The Morgan fingerprint density at radius 2 is 1.79 bits per heavy atom. The maximum atomic E-state index is 9.34. The van der Waals surface area contributed by atoms with Crippen LogP contribution in [0.15, 0.2) is 77.6 Å². The van der Waals surface area contributed by atoms with E-state index in [-0.39, 0.29) is 6.61 Å². The van der Waals surface area contributed by atoms with Crippen LogP contribution in [0.25, 0.3) is 22.4 Å². The molecule has 0 radical (unpaired) electrons. The zero-order valence-electron chi connectivity index (χ0n) is 15.7. The van der Waals surface area contributed by atoms with Crippen molar-refractivity contribution in [3.05, 3.63) is 83.7 Å². The molecule has 5 nitrogen and oxygen atoms in total. The zero-order valence-corrected chi connectivity index (χ0v) is 15.7. The Balaban J connectivity index is 1.92.